The van der Waals surface area contributed by atoms with Crippen molar-refractivity contribution in [3.63, 3.8) is 0 Å². The zero-order valence-electron chi connectivity index (χ0n) is 6.60. The first-order chi connectivity index (χ1) is 5.95. The van der Waals surface area contributed by atoms with Crippen molar-refractivity contribution in [1.82, 2.24) is 9.78 Å². The molecular weight excluding hydrogens is 192 g/mol. The van der Waals surface area contributed by atoms with Gasteiger partial charge in [0.1, 0.15) is 0 Å². The average Bonchev–Trinajstić information content (AvgIpc) is 2.32. The minimum Gasteiger partial charge on any atom is -0.446 e. The van der Waals surface area contributed by atoms with Crippen LogP contribution in [0.15, 0.2) is 6.07 Å². The van der Waals surface area contributed by atoms with E-state index < -0.39 is 18.7 Å². The summed E-state index contributed by atoms with van der Waals surface area (Å²) < 4.78 is 52.7. The average molecular weight is 198 g/mol. The van der Waals surface area contributed by atoms with E-state index in [1.54, 1.807) is 0 Å². The molecule has 0 saturated carbocycles. The van der Waals surface area contributed by atoms with Crippen LogP contribution in [0, 0.1) is 0 Å². The van der Waals surface area contributed by atoms with Gasteiger partial charge in [0.2, 0.25) is 12.7 Å². The maximum Gasteiger partial charge on any atom is 0.435 e. The molecule has 0 aromatic carbocycles. The van der Waals surface area contributed by atoms with Gasteiger partial charge in [-0.05, 0) is 0 Å². The van der Waals surface area contributed by atoms with Gasteiger partial charge < -0.3 is 4.74 Å². The van der Waals surface area contributed by atoms with Crippen LogP contribution in [-0.2, 0) is 13.2 Å². The van der Waals surface area contributed by atoms with Crippen LogP contribution in [0.5, 0.6) is 5.88 Å². The van der Waals surface area contributed by atoms with Crippen LogP contribution < -0.4 is 4.74 Å². The van der Waals surface area contributed by atoms with Crippen LogP contribution in [0.1, 0.15) is 5.69 Å². The van der Waals surface area contributed by atoms with E-state index in [0.29, 0.717) is 6.07 Å². The van der Waals surface area contributed by atoms with Gasteiger partial charge >= 0.3 is 6.18 Å². The zero-order valence-corrected chi connectivity index (χ0v) is 6.60. The fourth-order valence-electron chi connectivity index (χ4n) is 0.780. The van der Waals surface area contributed by atoms with Crippen molar-refractivity contribution in [2.75, 3.05) is 6.86 Å². The Hall–Kier alpha value is -1.27. The van der Waals surface area contributed by atoms with E-state index >= 15 is 0 Å². The third-order valence-corrected chi connectivity index (χ3v) is 1.33. The first kappa shape index (κ1) is 9.82. The molecule has 1 rings (SSSR count). The monoisotopic (exact) mass is 198 g/mol. The third-order valence-electron chi connectivity index (χ3n) is 1.33. The molecule has 0 aliphatic rings. The highest BCUT2D eigenvalue weighted by molar-refractivity contribution is 5.17. The van der Waals surface area contributed by atoms with Crippen LogP contribution in [-0.4, -0.2) is 16.6 Å². The number of ether oxygens (including phenoxy) is 1. The van der Waals surface area contributed by atoms with Crippen LogP contribution in [0.4, 0.5) is 17.6 Å². The highest BCUT2D eigenvalue weighted by atomic mass is 19.4. The molecule has 0 amide bonds. The Bertz CT molecular complexity index is 293. The van der Waals surface area contributed by atoms with Gasteiger partial charge in [-0.2, -0.15) is 18.3 Å². The van der Waals surface area contributed by atoms with Crippen molar-refractivity contribution in [2.24, 2.45) is 7.05 Å². The predicted octanol–water partition coefficient (Wildman–Crippen LogP) is 1.74. The van der Waals surface area contributed by atoms with Crippen molar-refractivity contribution in [2.45, 2.75) is 6.18 Å². The predicted molar refractivity (Wildman–Crippen MR) is 34.8 cm³/mol. The van der Waals surface area contributed by atoms with Crippen molar-refractivity contribution in [1.29, 1.82) is 0 Å². The van der Waals surface area contributed by atoms with E-state index in [-0.39, 0.29) is 5.88 Å². The molecule has 0 saturated heterocycles. The molecule has 7 heteroatoms. The summed E-state index contributed by atoms with van der Waals surface area (Å²) in [5.41, 5.74) is -1.10. The molecule has 0 spiro atoms. The first-order valence-corrected chi connectivity index (χ1v) is 3.25. The van der Waals surface area contributed by atoms with E-state index in [4.69, 9.17) is 0 Å². The Kier molecular flexibility index (Phi) is 2.44. The fraction of sp³-hybridized carbons (Fsp3) is 0.500. The van der Waals surface area contributed by atoms with Crippen molar-refractivity contribution in [3.8, 4) is 5.88 Å². The van der Waals surface area contributed by atoms with Gasteiger partial charge in [-0.1, -0.05) is 0 Å². The summed E-state index contributed by atoms with van der Waals surface area (Å²) in [5, 5.41) is 3.10. The lowest BCUT2D eigenvalue weighted by molar-refractivity contribution is -0.141. The topological polar surface area (TPSA) is 27.1 Å². The van der Waals surface area contributed by atoms with Gasteiger partial charge in [-0.25, -0.2) is 9.07 Å². The molecular formula is C6H6F4N2O. The number of aromatic nitrogens is 2. The van der Waals surface area contributed by atoms with Gasteiger partial charge in [-0.15, -0.1) is 0 Å². The number of halogens is 4. The molecule has 0 atom stereocenters. The molecule has 0 N–H and O–H groups in total. The standard InChI is InChI=1S/C6H6F4N2O/c1-12-5(13-3-7)2-4(11-12)6(8,9)10/h2H,3H2,1H3. The summed E-state index contributed by atoms with van der Waals surface area (Å²) in [4.78, 5) is 0. The Morgan fingerprint density at radius 3 is 2.54 bits per heavy atom. The molecule has 0 fully saturated rings. The summed E-state index contributed by atoms with van der Waals surface area (Å²) in [5.74, 6) is -0.255. The molecule has 1 aromatic heterocycles. The van der Waals surface area contributed by atoms with E-state index in [2.05, 4.69) is 9.84 Å². The van der Waals surface area contributed by atoms with Gasteiger partial charge in [0.15, 0.2) is 5.69 Å². The number of nitrogens with zero attached hydrogens (tertiary/aromatic N) is 2. The van der Waals surface area contributed by atoms with Crippen molar-refractivity contribution < 1.29 is 22.3 Å². The second-order valence-corrected chi connectivity index (χ2v) is 2.24. The molecule has 0 radical (unpaired) electrons. The highest BCUT2D eigenvalue weighted by Gasteiger charge is 2.34. The van der Waals surface area contributed by atoms with Crippen molar-refractivity contribution in [3.05, 3.63) is 11.8 Å². The molecule has 0 aliphatic carbocycles. The summed E-state index contributed by atoms with van der Waals surface area (Å²) in [6.07, 6.45) is -4.53. The summed E-state index contributed by atoms with van der Waals surface area (Å²) >= 11 is 0. The van der Waals surface area contributed by atoms with Crippen LogP contribution in [0.2, 0.25) is 0 Å². The lowest BCUT2D eigenvalue weighted by Crippen LogP contribution is -2.06. The van der Waals surface area contributed by atoms with Gasteiger partial charge in [0.25, 0.3) is 0 Å². The quantitative estimate of drug-likeness (QED) is 0.677. The van der Waals surface area contributed by atoms with E-state index in [0.717, 1.165) is 4.68 Å². The van der Waals surface area contributed by atoms with Crippen LogP contribution in [0.3, 0.4) is 0 Å². The second-order valence-electron chi connectivity index (χ2n) is 2.24. The molecule has 1 aromatic rings. The molecule has 0 aliphatic heterocycles. The molecule has 1 heterocycles. The van der Waals surface area contributed by atoms with E-state index in [9.17, 15) is 17.6 Å². The summed E-state index contributed by atoms with van der Waals surface area (Å²) in [6.45, 7) is -1.18. The second kappa shape index (κ2) is 3.23. The van der Waals surface area contributed by atoms with Gasteiger partial charge in [0.05, 0.1) is 0 Å². The molecule has 3 nitrogen and oxygen atoms in total. The lowest BCUT2D eigenvalue weighted by Gasteiger charge is -1.98. The largest absolute Gasteiger partial charge is 0.446 e. The Morgan fingerprint density at radius 1 is 1.54 bits per heavy atom. The molecule has 74 valence electrons. The Balaban J connectivity index is 2.95. The Labute approximate surface area is 70.9 Å². The minimum atomic E-state index is -4.53. The van der Waals surface area contributed by atoms with Gasteiger partial charge in [0, 0.05) is 13.1 Å². The summed E-state index contributed by atoms with van der Waals surface area (Å²) in [7, 11) is 1.24. The maximum absolute atomic E-state index is 12.0. The van der Waals surface area contributed by atoms with E-state index in [1.807, 2.05) is 0 Å². The smallest absolute Gasteiger partial charge is 0.435 e. The zero-order chi connectivity index (χ0) is 10.1. The normalized spacial score (nSPS) is 11.8. The maximum atomic E-state index is 12.0. The lowest BCUT2D eigenvalue weighted by atomic mass is 10.4. The van der Waals surface area contributed by atoms with Gasteiger partial charge in [-0.3, -0.25) is 0 Å². The molecule has 13 heavy (non-hydrogen) atoms. The number of aryl methyl sites for hydroxylation is 1. The SMILES string of the molecule is Cn1nc(C(F)(F)F)cc1OCF. The highest BCUT2D eigenvalue weighted by Crippen LogP contribution is 2.30. The number of hydrogen-bond acceptors (Lipinski definition) is 2. The molecule has 0 unspecified atom stereocenters. The summed E-state index contributed by atoms with van der Waals surface area (Å²) in [6, 6.07) is 0.638. The van der Waals surface area contributed by atoms with Crippen molar-refractivity contribution >= 4 is 0 Å². The number of hydrogen-bond donors (Lipinski definition) is 0. The third kappa shape index (κ3) is 2.10. The number of alkyl halides is 4. The van der Waals surface area contributed by atoms with Crippen LogP contribution >= 0.6 is 0 Å². The van der Waals surface area contributed by atoms with Crippen LogP contribution in [0.25, 0.3) is 0 Å². The minimum absolute atomic E-state index is 0.255. The number of rotatable bonds is 2. The Morgan fingerprint density at radius 2 is 2.15 bits per heavy atom. The van der Waals surface area contributed by atoms with E-state index in [1.165, 1.54) is 7.05 Å². The first-order valence-electron chi connectivity index (χ1n) is 3.25. The fourth-order valence-corrected chi connectivity index (χ4v) is 0.780. The molecule has 0 bridgehead atoms.